The highest BCUT2D eigenvalue weighted by atomic mass is 35.5. The number of hydrazine groups is 1. The highest BCUT2D eigenvalue weighted by Gasteiger charge is 2.33. The summed E-state index contributed by atoms with van der Waals surface area (Å²) >= 11 is 6.24. The molecule has 1 heterocycles. The molecule has 0 bridgehead atoms. The van der Waals surface area contributed by atoms with E-state index in [1.54, 1.807) is 0 Å². The Labute approximate surface area is 134 Å². The van der Waals surface area contributed by atoms with Crippen LogP contribution in [0.4, 0.5) is 5.69 Å². The molecule has 0 fully saturated rings. The molecule has 0 amide bonds. The van der Waals surface area contributed by atoms with Crippen molar-refractivity contribution in [1.29, 1.82) is 0 Å². The summed E-state index contributed by atoms with van der Waals surface area (Å²) < 4.78 is 0. The molecule has 0 saturated heterocycles. The van der Waals surface area contributed by atoms with E-state index in [2.05, 4.69) is 10.7 Å². The molecule has 22 heavy (non-hydrogen) atoms. The van der Waals surface area contributed by atoms with E-state index in [9.17, 15) is 4.79 Å². The van der Waals surface area contributed by atoms with Crippen molar-refractivity contribution in [3.63, 3.8) is 0 Å². The average Bonchev–Trinajstić information content (AvgIpc) is 2.56. The van der Waals surface area contributed by atoms with E-state index in [0.29, 0.717) is 11.6 Å². The summed E-state index contributed by atoms with van der Waals surface area (Å²) in [6.07, 6.45) is 0.572. The number of fused-ring (bicyclic) bond motifs is 1. The van der Waals surface area contributed by atoms with Gasteiger partial charge >= 0.3 is 0 Å². The summed E-state index contributed by atoms with van der Waals surface area (Å²) in [6, 6.07) is 14.9. The standard InChI is InChI=1S/C16H17ClN4O/c17-13-7-3-1-5-11(13)9-21-15(10-22)12-6-2-4-8-14(12)19-16(21)20-18/h1-8,10,15-16,19-20H,9,18H2. The molecule has 0 saturated carbocycles. The van der Waals surface area contributed by atoms with Crippen LogP contribution in [0.15, 0.2) is 48.5 Å². The number of benzene rings is 2. The monoisotopic (exact) mass is 316 g/mol. The predicted molar refractivity (Wildman–Crippen MR) is 87.0 cm³/mol. The van der Waals surface area contributed by atoms with Crippen LogP contribution in [0.3, 0.4) is 0 Å². The smallest absolute Gasteiger partial charge is 0.148 e. The number of nitrogens with two attached hydrogens (primary N) is 1. The van der Waals surface area contributed by atoms with Crippen molar-refractivity contribution in [3.05, 3.63) is 64.7 Å². The summed E-state index contributed by atoms with van der Waals surface area (Å²) in [6.45, 7) is 0.499. The predicted octanol–water partition coefficient (Wildman–Crippen LogP) is 2.25. The van der Waals surface area contributed by atoms with E-state index < -0.39 is 6.04 Å². The van der Waals surface area contributed by atoms with Crippen LogP contribution < -0.4 is 16.6 Å². The molecule has 2 aromatic rings. The first-order valence-corrected chi connectivity index (χ1v) is 7.38. The Kier molecular flexibility index (Phi) is 4.40. The Hall–Kier alpha value is -1.92. The Morgan fingerprint density at radius 3 is 2.68 bits per heavy atom. The van der Waals surface area contributed by atoms with Crippen molar-refractivity contribution in [2.45, 2.75) is 18.9 Å². The van der Waals surface area contributed by atoms with E-state index in [1.807, 2.05) is 53.4 Å². The summed E-state index contributed by atoms with van der Waals surface area (Å²) in [5, 5.41) is 3.96. The summed E-state index contributed by atoms with van der Waals surface area (Å²) in [5.74, 6) is 5.66. The van der Waals surface area contributed by atoms with Gasteiger partial charge in [0.1, 0.15) is 12.6 Å². The molecule has 2 atom stereocenters. The zero-order valence-electron chi connectivity index (χ0n) is 11.9. The van der Waals surface area contributed by atoms with Crippen LogP contribution in [0.25, 0.3) is 0 Å². The molecule has 5 nitrogen and oxygen atoms in total. The topological polar surface area (TPSA) is 70.4 Å². The number of hydrogen-bond donors (Lipinski definition) is 3. The molecule has 4 N–H and O–H groups in total. The largest absolute Gasteiger partial charge is 0.356 e. The fourth-order valence-electron chi connectivity index (χ4n) is 2.76. The van der Waals surface area contributed by atoms with Crippen LogP contribution in [0, 0.1) is 0 Å². The normalized spacial score (nSPS) is 21.0. The van der Waals surface area contributed by atoms with Gasteiger partial charge < -0.3 is 10.1 Å². The van der Waals surface area contributed by atoms with Gasteiger partial charge in [0.05, 0.1) is 6.04 Å². The molecule has 0 spiro atoms. The van der Waals surface area contributed by atoms with Crippen molar-refractivity contribution in [2.75, 3.05) is 5.32 Å². The molecule has 3 rings (SSSR count). The molecule has 2 unspecified atom stereocenters. The van der Waals surface area contributed by atoms with Crippen molar-refractivity contribution in [3.8, 4) is 0 Å². The van der Waals surface area contributed by atoms with Crippen LogP contribution in [-0.2, 0) is 11.3 Å². The van der Waals surface area contributed by atoms with Gasteiger partial charge in [-0.25, -0.2) is 5.43 Å². The zero-order chi connectivity index (χ0) is 15.5. The van der Waals surface area contributed by atoms with Crippen molar-refractivity contribution in [2.24, 2.45) is 5.84 Å². The molecule has 1 aliphatic rings. The van der Waals surface area contributed by atoms with Crippen molar-refractivity contribution >= 4 is 23.6 Å². The first-order valence-electron chi connectivity index (χ1n) is 7.00. The molecule has 114 valence electrons. The molecule has 0 aliphatic carbocycles. The number of hydrogen-bond acceptors (Lipinski definition) is 5. The van der Waals surface area contributed by atoms with Gasteiger partial charge in [-0.15, -0.1) is 0 Å². The second-order valence-electron chi connectivity index (χ2n) is 5.15. The molecule has 6 heteroatoms. The van der Waals surface area contributed by atoms with E-state index >= 15 is 0 Å². The molecule has 1 aliphatic heterocycles. The third-order valence-electron chi connectivity index (χ3n) is 3.86. The summed E-state index contributed by atoms with van der Waals surface area (Å²) in [7, 11) is 0. The Balaban J connectivity index is 1.97. The maximum absolute atomic E-state index is 11.7. The number of nitrogens with one attached hydrogen (secondary N) is 2. The molecule has 2 aromatic carbocycles. The van der Waals surface area contributed by atoms with Crippen LogP contribution in [-0.4, -0.2) is 17.5 Å². The number of carbonyl (C=O) groups excluding carboxylic acids is 1. The SMILES string of the molecule is NNC1Nc2ccccc2C(C=O)N1Cc1ccccc1Cl. The quantitative estimate of drug-likeness (QED) is 0.458. The lowest BCUT2D eigenvalue weighted by atomic mass is 10.0. The maximum atomic E-state index is 11.7. The fraction of sp³-hybridized carbons (Fsp3) is 0.188. The second kappa shape index (κ2) is 6.46. The average molecular weight is 317 g/mol. The van der Waals surface area contributed by atoms with Gasteiger partial charge in [-0.2, -0.15) is 0 Å². The maximum Gasteiger partial charge on any atom is 0.148 e. The Bertz CT molecular complexity index is 679. The second-order valence-corrected chi connectivity index (χ2v) is 5.55. The first-order chi connectivity index (χ1) is 10.7. The van der Waals surface area contributed by atoms with Gasteiger partial charge in [-0.05, 0) is 23.3 Å². The molecular weight excluding hydrogens is 300 g/mol. The van der Waals surface area contributed by atoms with Gasteiger partial charge in [0.2, 0.25) is 0 Å². The highest BCUT2D eigenvalue weighted by Crippen LogP contribution is 2.34. The lowest BCUT2D eigenvalue weighted by molar-refractivity contribution is -0.114. The van der Waals surface area contributed by atoms with Crippen LogP contribution in [0.1, 0.15) is 17.2 Å². The van der Waals surface area contributed by atoms with E-state index in [-0.39, 0.29) is 6.29 Å². The number of halogens is 1. The van der Waals surface area contributed by atoms with Crippen molar-refractivity contribution < 1.29 is 4.79 Å². The van der Waals surface area contributed by atoms with E-state index in [0.717, 1.165) is 23.1 Å². The number of rotatable bonds is 4. The van der Waals surface area contributed by atoms with Crippen LogP contribution in [0.2, 0.25) is 5.02 Å². The highest BCUT2D eigenvalue weighted by molar-refractivity contribution is 6.31. The minimum absolute atomic E-state index is 0.360. The summed E-state index contributed by atoms with van der Waals surface area (Å²) in [4.78, 5) is 13.6. The first kappa shape index (κ1) is 15.0. The number of anilines is 1. The number of aldehydes is 1. The van der Waals surface area contributed by atoms with Gasteiger partial charge in [0.15, 0.2) is 0 Å². The van der Waals surface area contributed by atoms with Gasteiger partial charge in [-0.3, -0.25) is 10.7 Å². The van der Waals surface area contributed by atoms with Gasteiger partial charge in [0, 0.05) is 17.3 Å². The molecule has 0 radical (unpaired) electrons. The lowest BCUT2D eigenvalue weighted by Gasteiger charge is -2.41. The number of para-hydroxylation sites is 1. The Morgan fingerprint density at radius 1 is 1.23 bits per heavy atom. The van der Waals surface area contributed by atoms with Crippen molar-refractivity contribution in [1.82, 2.24) is 10.3 Å². The molecular formula is C16H17ClN4O. The van der Waals surface area contributed by atoms with Gasteiger partial charge in [0.25, 0.3) is 0 Å². The third kappa shape index (κ3) is 2.71. The van der Waals surface area contributed by atoms with Crippen LogP contribution >= 0.6 is 11.6 Å². The lowest BCUT2D eigenvalue weighted by Crippen LogP contribution is -2.57. The minimum Gasteiger partial charge on any atom is -0.356 e. The zero-order valence-corrected chi connectivity index (χ0v) is 12.6. The minimum atomic E-state index is -0.394. The van der Waals surface area contributed by atoms with Gasteiger partial charge in [-0.1, -0.05) is 48.0 Å². The van der Waals surface area contributed by atoms with E-state index in [4.69, 9.17) is 17.4 Å². The number of carbonyl (C=O) groups is 1. The van der Waals surface area contributed by atoms with E-state index in [1.165, 1.54) is 0 Å². The molecule has 0 aromatic heterocycles. The Morgan fingerprint density at radius 2 is 1.95 bits per heavy atom. The third-order valence-corrected chi connectivity index (χ3v) is 4.23. The van der Waals surface area contributed by atoms with Crippen LogP contribution in [0.5, 0.6) is 0 Å². The summed E-state index contributed by atoms with van der Waals surface area (Å²) in [5.41, 5.74) is 5.48. The fourth-order valence-corrected chi connectivity index (χ4v) is 2.95. The number of nitrogens with zero attached hydrogens (tertiary/aromatic N) is 1.